The Morgan fingerprint density at radius 3 is 2.26 bits per heavy atom. The van der Waals surface area contributed by atoms with Crippen LogP contribution in [-0.4, -0.2) is 134 Å². The lowest BCUT2D eigenvalue weighted by Gasteiger charge is -2.47. The molecular weight excluding hydrogens is 849 g/mol. The molecule has 15 heteroatoms. The molecule has 66 heavy (non-hydrogen) atoms. The van der Waals surface area contributed by atoms with Crippen LogP contribution in [0.4, 0.5) is 5.69 Å². The van der Waals surface area contributed by atoms with Gasteiger partial charge < -0.3 is 48.9 Å². The minimum atomic E-state index is -2.52. The first-order valence-corrected chi connectivity index (χ1v) is 24.0. The van der Waals surface area contributed by atoms with E-state index < -0.39 is 77.8 Å². The monoisotopic (exact) mass is 925 g/mol. The van der Waals surface area contributed by atoms with Crippen LogP contribution >= 0.6 is 0 Å². The number of para-hydroxylation sites is 1. The molecule has 3 N–H and O–H groups in total. The third kappa shape index (κ3) is 13.2. The van der Waals surface area contributed by atoms with Gasteiger partial charge in [-0.1, -0.05) is 63.6 Å². The number of rotatable bonds is 10. The molecule has 1 aromatic rings. The number of ether oxygens (including phenoxy) is 6. The van der Waals surface area contributed by atoms with Crippen LogP contribution in [0.2, 0.25) is 0 Å². The number of ketones is 2. The lowest BCUT2D eigenvalue weighted by atomic mass is 9.81. The third-order valence-electron chi connectivity index (χ3n) is 14.4. The van der Waals surface area contributed by atoms with Crippen molar-refractivity contribution < 1.29 is 62.6 Å². The Morgan fingerprint density at radius 2 is 1.59 bits per heavy atom. The molecule has 0 aromatic heterocycles. The fourth-order valence-electron chi connectivity index (χ4n) is 10.5. The van der Waals surface area contributed by atoms with Gasteiger partial charge in [-0.15, -0.1) is 0 Å². The molecule has 1 aromatic carbocycles. The molecule has 0 spiro atoms. The van der Waals surface area contributed by atoms with E-state index in [1.165, 1.54) is 19.1 Å². The number of allylic oxidation sites excluding steroid dienone is 3. The number of amides is 2. The van der Waals surface area contributed by atoms with Gasteiger partial charge >= 0.3 is 5.97 Å². The lowest BCUT2D eigenvalue weighted by Crippen LogP contribution is -2.64. The maximum absolute atomic E-state index is 14.5. The quantitative estimate of drug-likeness (QED) is 0.138. The number of benzene rings is 1. The van der Waals surface area contributed by atoms with E-state index in [4.69, 9.17) is 28.4 Å². The van der Waals surface area contributed by atoms with E-state index in [0.717, 1.165) is 5.57 Å². The predicted octanol–water partition coefficient (Wildman–Crippen LogP) is 6.14. The number of cyclic esters (lactones) is 1. The van der Waals surface area contributed by atoms with Crippen LogP contribution in [-0.2, 0) is 52.4 Å². The summed E-state index contributed by atoms with van der Waals surface area (Å²) in [4.78, 5) is 71.0. The van der Waals surface area contributed by atoms with Gasteiger partial charge in [0.25, 0.3) is 11.7 Å². The number of hydrogen-bond acceptors (Lipinski definition) is 13. The van der Waals surface area contributed by atoms with Gasteiger partial charge in [0, 0.05) is 57.7 Å². The third-order valence-corrected chi connectivity index (χ3v) is 14.4. The summed E-state index contributed by atoms with van der Waals surface area (Å²) in [6.07, 6.45) is 3.77. The van der Waals surface area contributed by atoms with Crippen molar-refractivity contribution in [1.82, 2.24) is 4.90 Å². The molecule has 3 fully saturated rings. The molecule has 5 rings (SSSR count). The highest BCUT2D eigenvalue weighted by Gasteiger charge is 2.56. The summed E-state index contributed by atoms with van der Waals surface area (Å²) >= 11 is 0. The average Bonchev–Trinajstić information content (AvgIpc) is 3.30. The van der Waals surface area contributed by atoms with Gasteiger partial charge in [-0.2, -0.15) is 0 Å². The van der Waals surface area contributed by atoms with Gasteiger partial charge in [0.05, 0.1) is 30.5 Å². The number of piperidine rings is 1. The summed E-state index contributed by atoms with van der Waals surface area (Å²) in [6.45, 7) is 11.1. The Labute approximate surface area is 391 Å². The number of carbonyl (C=O) groups excluding carboxylic acids is 5. The Hall–Kier alpha value is -3.83. The van der Waals surface area contributed by atoms with Crippen LogP contribution in [0.15, 0.2) is 53.6 Å². The van der Waals surface area contributed by atoms with Gasteiger partial charge in [0.1, 0.15) is 30.6 Å². The minimum absolute atomic E-state index is 0.0189. The molecule has 3 heterocycles. The van der Waals surface area contributed by atoms with E-state index in [-0.39, 0.29) is 68.1 Å². The van der Waals surface area contributed by atoms with Crippen LogP contribution in [0.25, 0.3) is 0 Å². The van der Waals surface area contributed by atoms with E-state index in [0.29, 0.717) is 62.6 Å². The number of methoxy groups -OCH3 is 3. The van der Waals surface area contributed by atoms with Gasteiger partial charge in [-0.25, -0.2) is 4.79 Å². The van der Waals surface area contributed by atoms with Crippen LogP contribution in [0.1, 0.15) is 112 Å². The molecule has 14 atom stereocenters. The van der Waals surface area contributed by atoms with Crippen molar-refractivity contribution in [3.8, 4) is 0 Å². The number of Topliss-reactive ketones (excluding diaryl/α,β-unsaturated/α-hetero) is 2. The van der Waals surface area contributed by atoms with Crippen LogP contribution in [0.3, 0.4) is 0 Å². The van der Waals surface area contributed by atoms with Crippen LogP contribution in [0, 0.1) is 29.6 Å². The summed E-state index contributed by atoms with van der Waals surface area (Å²) in [7, 11) is 4.66. The maximum Gasteiger partial charge on any atom is 0.329 e. The zero-order valence-corrected chi connectivity index (χ0v) is 40.6. The second-order valence-electron chi connectivity index (χ2n) is 19.4. The summed E-state index contributed by atoms with van der Waals surface area (Å²) in [5, 5.41) is 26.8. The average molecular weight is 925 g/mol. The second-order valence-corrected chi connectivity index (χ2v) is 19.4. The zero-order chi connectivity index (χ0) is 48.3. The number of anilines is 1. The number of aliphatic hydroxyl groups is 2. The molecule has 15 nitrogen and oxygen atoms in total. The lowest BCUT2D eigenvalue weighted by molar-refractivity contribution is -0.302. The van der Waals surface area contributed by atoms with E-state index in [9.17, 15) is 34.2 Å². The molecule has 4 aliphatic rings. The van der Waals surface area contributed by atoms with Crippen molar-refractivity contribution in [1.29, 1.82) is 0 Å². The SMILES string of the molecule is CC[C@@H]1/C=C(\C)C[C@H](C)C[C@H](OC)[C@H]2O[C@@](O)(C(=O)C(=O)N3CCCC[C@H]3C(=O)O[C@H](/C(C)=C/[C@@H]3CC[C@@H](OCC(=O)Nc4ccccc4)[C@H](OC)C3)[C@H](C)[C@@H](O)CC1=O)[C@H](C)C[C@@H]2OC. The summed E-state index contributed by atoms with van der Waals surface area (Å²) in [5.41, 5.74) is 2.31. The number of nitrogens with zero attached hydrogens (tertiary/aromatic N) is 1. The van der Waals surface area contributed by atoms with E-state index >= 15 is 0 Å². The van der Waals surface area contributed by atoms with Crippen molar-refractivity contribution >= 4 is 35.0 Å². The first-order chi connectivity index (χ1) is 31.4. The number of carbonyl (C=O) groups is 5. The molecule has 1 saturated carbocycles. The molecule has 368 valence electrons. The number of fused-ring (bicyclic) bond motifs is 3. The van der Waals surface area contributed by atoms with Crippen molar-refractivity contribution in [3.05, 3.63) is 53.6 Å². The topological polar surface area (TPSA) is 196 Å². The van der Waals surface area contributed by atoms with Gasteiger partial charge in [0.2, 0.25) is 11.7 Å². The smallest absolute Gasteiger partial charge is 0.329 e. The molecular formula is C51H76N2O13. The van der Waals surface area contributed by atoms with Gasteiger partial charge in [0.15, 0.2) is 0 Å². The highest BCUT2D eigenvalue weighted by molar-refractivity contribution is 6.39. The fourth-order valence-corrected chi connectivity index (χ4v) is 10.5. The predicted molar refractivity (Wildman–Crippen MR) is 247 cm³/mol. The van der Waals surface area contributed by atoms with E-state index in [1.54, 1.807) is 33.1 Å². The van der Waals surface area contributed by atoms with Crippen LogP contribution in [0.5, 0.6) is 0 Å². The Balaban J connectivity index is 1.44. The highest BCUT2D eigenvalue weighted by atomic mass is 16.7. The van der Waals surface area contributed by atoms with Crippen molar-refractivity contribution in [2.45, 2.75) is 167 Å². The Morgan fingerprint density at radius 1 is 0.909 bits per heavy atom. The highest BCUT2D eigenvalue weighted by Crippen LogP contribution is 2.39. The first-order valence-electron chi connectivity index (χ1n) is 24.0. The number of hydrogen-bond donors (Lipinski definition) is 3. The summed E-state index contributed by atoms with van der Waals surface area (Å²) < 4.78 is 36.3. The molecule has 2 amide bonds. The standard InChI is InChI=1S/C51H76N2O13/c1-10-36-23-30(2)22-31(3)24-43(62-8)47-44(63-9)26-33(5)51(60,66-47)48(57)49(58)53-21-15-14-18-38(53)50(59)65-46(34(6)39(54)28-40(36)55)32(4)25-35-19-20-41(42(27-35)61-7)64-29-45(56)52-37-16-12-11-13-17-37/h11-13,16-17,23,25,31,33-36,38-39,41-44,46-47,54,60H,10,14-15,18-22,24,26-29H2,1-9H3,(H,52,56)/b30-23+,32-25+/t31-,33+,34+,35-,36+,38-,39-,41+,42+,43-,44-,46+,47+,51+/m0/s1. The largest absolute Gasteiger partial charge is 0.456 e. The second kappa shape index (κ2) is 24.5. The van der Waals surface area contributed by atoms with Crippen LogP contribution < -0.4 is 5.32 Å². The maximum atomic E-state index is 14.5. The fraction of sp³-hybridized carbons (Fsp3) is 0.706. The Bertz CT molecular complexity index is 1870. The Kier molecular flexibility index (Phi) is 19.7. The van der Waals surface area contributed by atoms with Gasteiger partial charge in [-0.05, 0) is 108 Å². The summed E-state index contributed by atoms with van der Waals surface area (Å²) in [5.74, 6) is -8.00. The van der Waals surface area contributed by atoms with Crippen molar-refractivity contribution in [3.63, 3.8) is 0 Å². The molecule has 0 radical (unpaired) electrons. The molecule has 3 aliphatic heterocycles. The molecule has 2 saturated heterocycles. The normalized spacial score (nSPS) is 36.9. The van der Waals surface area contributed by atoms with Crippen molar-refractivity contribution in [2.75, 3.05) is 39.8 Å². The number of nitrogens with one attached hydrogen (secondary N) is 1. The molecule has 2 bridgehead atoms. The number of esters is 1. The molecule has 0 unspecified atom stereocenters. The zero-order valence-electron chi connectivity index (χ0n) is 40.6. The first kappa shape index (κ1) is 53.1. The van der Waals surface area contributed by atoms with Crippen molar-refractivity contribution in [2.24, 2.45) is 29.6 Å². The minimum Gasteiger partial charge on any atom is -0.456 e. The summed E-state index contributed by atoms with van der Waals surface area (Å²) in [6, 6.07) is 7.98. The van der Waals surface area contributed by atoms with E-state index in [2.05, 4.69) is 5.32 Å². The number of aliphatic hydroxyl groups excluding tert-OH is 1. The van der Waals surface area contributed by atoms with Gasteiger partial charge in [-0.3, -0.25) is 19.2 Å². The van der Waals surface area contributed by atoms with E-state index in [1.807, 2.05) is 58.0 Å². The molecule has 1 aliphatic carbocycles.